The summed E-state index contributed by atoms with van der Waals surface area (Å²) in [5.74, 6) is 0.149. The Morgan fingerprint density at radius 2 is 1.78 bits per heavy atom. The van der Waals surface area contributed by atoms with E-state index in [0.717, 1.165) is 11.3 Å². The molecule has 0 saturated carbocycles. The SMILES string of the molecule is COc1ccc(/C(C)=N/NC(=O)CNc2ccc(F)cc2)cc1. The Morgan fingerprint density at radius 3 is 2.39 bits per heavy atom. The summed E-state index contributed by atoms with van der Waals surface area (Å²) < 4.78 is 17.9. The maximum Gasteiger partial charge on any atom is 0.259 e. The summed E-state index contributed by atoms with van der Waals surface area (Å²) in [4.78, 5) is 11.7. The molecule has 2 aromatic rings. The normalized spacial score (nSPS) is 11.0. The van der Waals surface area contributed by atoms with Crippen LogP contribution in [-0.2, 0) is 4.79 Å². The van der Waals surface area contributed by atoms with Gasteiger partial charge in [-0.15, -0.1) is 0 Å². The van der Waals surface area contributed by atoms with Crippen LogP contribution in [0.5, 0.6) is 5.75 Å². The van der Waals surface area contributed by atoms with Crippen molar-refractivity contribution in [2.45, 2.75) is 6.92 Å². The van der Waals surface area contributed by atoms with Gasteiger partial charge in [0.25, 0.3) is 5.91 Å². The molecular formula is C17H18FN3O2. The lowest BCUT2D eigenvalue weighted by Gasteiger charge is -2.06. The minimum Gasteiger partial charge on any atom is -0.497 e. The molecule has 0 aliphatic rings. The number of hydrogen-bond acceptors (Lipinski definition) is 4. The molecule has 2 N–H and O–H groups in total. The maximum atomic E-state index is 12.8. The van der Waals surface area contributed by atoms with Gasteiger partial charge in [0.2, 0.25) is 0 Å². The molecule has 120 valence electrons. The molecule has 2 rings (SSSR count). The molecule has 0 radical (unpaired) electrons. The summed E-state index contributed by atoms with van der Waals surface area (Å²) >= 11 is 0. The Kier molecular flexibility index (Phi) is 5.68. The quantitative estimate of drug-likeness (QED) is 0.636. The number of halogens is 1. The highest BCUT2D eigenvalue weighted by Gasteiger charge is 2.02. The number of methoxy groups -OCH3 is 1. The van der Waals surface area contributed by atoms with Crippen LogP contribution in [0.2, 0.25) is 0 Å². The van der Waals surface area contributed by atoms with E-state index in [1.165, 1.54) is 12.1 Å². The number of rotatable bonds is 6. The summed E-state index contributed by atoms with van der Waals surface area (Å²) in [5.41, 5.74) is 4.71. The second-order valence-corrected chi connectivity index (χ2v) is 4.82. The summed E-state index contributed by atoms with van der Waals surface area (Å²) in [6, 6.07) is 13.2. The topological polar surface area (TPSA) is 62.7 Å². The van der Waals surface area contributed by atoms with Crippen molar-refractivity contribution >= 4 is 17.3 Å². The molecule has 2 aromatic carbocycles. The third-order valence-electron chi connectivity index (χ3n) is 3.15. The predicted octanol–water partition coefficient (Wildman–Crippen LogP) is 2.79. The van der Waals surface area contributed by atoms with Crippen molar-refractivity contribution in [3.63, 3.8) is 0 Å². The van der Waals surface area contributed by atoms with Gasteiger partial charge < -0.3 is 10.1 Å². The second kappa shape index (κ2) is 7.93. The molecular weight excluding hydrogens is 297 g/mol. The first-order chi connectivity index (χ1) is 11.1. The van der Waals surface area contributed by atoms with E-state index in [2.05, 4.69) is 15.8 Å². The Hall–Kier alpha value is -2.89. The lowest BCUT2D eigenvalue weighted by atomic mass is 10.1. The largest absolute Gasteiger partial charge is 0.497 e. The summed E-state index contributed by atoms with van der Waals surface area (Å²) in [6.45, 7) is 1.85. The number of nitrogens with one attached hydrogen (secondary N) is 2. The number of nitrogens with zero attached hydrogens (tertiary/aromatic N) is 1. The van der Waals surface area contributed by atoms with Crippen molar-refractivity contribution in [1.29, 1.82) is 0 Å². The monoisotopic (exact) mass is 315 g/mol. The number of hydrazone groups is 1. The Morgan fingerprint density at radius 1 is 1.13 bits per heavy atom. The number of anilines is 1. The van der Waals surface area contributed by atoms with Crippen LogP contribution in [0.4, 0.5) is 10.1 Å². The standard InChI is InChI=1S/C17H18FN3O2/c1-12(13-3-9-16(23-2)10-4-13)20-21-17(22)11-19-15-7-5-14(18)6-8-15/h3-10,19H,11H2,1-2H3,(H,21,22)/b20-12+. The van der Waals surface area contributed by atoms with Gasteiger partial charge in [-0.3, -0.25) is 4.79 Å². The fourth-order valence-corrected chi connectivity index (χ4v) is 1.83. The zero-order valence-electron chi connectivity index (χ0n) is 13.0. The molecule has 0 heterocycles. The number of ether oxygens (including phenoxy) is 1. The molecule has 0 aliphatic heterocycles. The van der Waals surface area contributed by atoms with Crippen LogP contribution in [0.15, 0.2) is 53.6 Å². The Labute approximate surface area is 134 Å². The first kappa shape index (κ1) is 16.5. The number of amides is 1. The molecule has 0 spiro atoms. The molecule has 0 aromatic heterocycles. The average molecular weight is 315 g/mol. The zero-order chi connectivity index (χ0) is 16.7. The highest BCUT2D eigenvalue weighted by atomic mass is 19.1. The van der Waals surface area contributed by atoms with E-state index in [0.29, 0.717) is 11.4 Å². The fourth-order valence-electron chi connectivity index (χ4n) is 1.83. The van der Waals surface area contributed by atoms with Crippen LogP contribution < -0.4 is 15.5 Å². The van der Waals surface area contributed by atoms with Gasteiger partial charge >= 0.3 is 0 Å². The van der Waals surface area contributed by atoms with Gasteiger partial charge in [0.05, 0.1) is 19.4 Å². The summed E-state index contributed by atoms with van der Waals surface area (Å²) in [6.07, 6.45) is 0. The van der Waals surface area contributed by atoms with Gasteiger partial charge in [-0.2, -0.15) is 5.10 Å². The van der Waals surface area contributed by atoms with Gasteiger partial charge in [-0.1, -0.05) is 0 Å². The van der Waals surface area contributed by atoms with Gasteiger partial charge in [0.1, 0.15) is 11.6 Å². The van der Waals surface area contributed by atoms with Crippen LogP contribution in [-0.4, -0.2) is 25.3 Å². The van der Waals surface area contributed by atoms with Crippen molar-refractivity contribution in [1.82, 2.24) is 5.43 Å². The molecule has 0 unspecified atom stereocenters. The van der Waals surface area contributed by atoms with Crippen LogP contribution in [0.25, 0.3) is 0 Å². The van der Waals surface area contributed by atoms with Gasteiger partial charge in [0, 0.05) is 5.69 Å². The predicted molar refractivity (Wildman–Crippen MR) is 88.2 cm³/mol. The first-order valence-electron chi connectivity index (χ1n) is 7.05. The van der Waals surface area contributed by atoms with Crippen LogP contribution in [0.1, 0.15) is 12.5 Å². The van der Waals surface area contributed by atoms with E-state index in [1.54, 1.807) is 26.2 Å². The van der Waals surface area contributed by atoms with Crippen molar-refractivity contribution in [3.05, 3.63) is 59.9 Å². The third-order valence-corrected chi connectivity index (χ3v) is 3.15. The average Bonchev–Trinajstić information content (AvgIpc) is 2.59. The molecule has 1 amide bonds. The summed E-state index contributed by atoms with van der Waals surface area (Å²) in [5, 5.41) is 6.94. The van der Waals surface area contributed by atoms with Gasteiger partial charge in [-0.05, 0) is 61.0 Å². The van der Waals surface area contributed by atoms with Crippen molar-refractivity contribution in [2.24, 2.45) is 5.10 Å². The first-order valence-corrected chi connectivity index (χ1v) is 7.05. The molecule has 0 bridgehead atoms. The summed E-state index contributed by atoms with van der Waals surface area (Å²) in [7, 11) is 1.60. The lowest BCUT2D eigenvalue weighted by molar-refractivity contribution is -0.119. The molecule has 5 nitrogen and oxygen atoms in total. The van der Waals surface area contributed by atoms with E-state index < -0.39 is 0 Å². The smallest absolute Gasteiger partial charge is 0.259 e. The van der Waals surface area contributed by atoms with Gasteiger partial charge in [-0.25, -0.2) is 9.82 Å². The zero-order valence-corrected chi connectivity index (χ0v) is 13.0. The highest BCUT2D eigenvalue weighted by molar-refractivity contribution is 5.99. The van der Waals surface area contributed by atoms with Crippen LogP contribution in [0, 0.1) is 5.82 Å². The van der Waals surface area contributed by atoms with Crippen molar-refractivity contribution in [2.75, 3.05) is 19.0 Å². The lowest BCUT2D eigenvalue weighted by Crippen LogP contribution is -2.26. The molecule has 0 atom stereocenters. The van der Waals surface area contributed by atoms with E-state index in [9.17, 15) is 9.18 Å². The second-order valence-electron chi connectivity index (χ2n) is 4.82. The molecule has 0 saturated heterocycles. The number of carbonyl (C=O) groups excluding carboxylic acids is 1. The number of carbonyl (C=O) groups is 1. The highest BCUT2D eigenvalue weighted by Crippen LogP contribution is 2.11. The minimum absolute atomic E-state index is 0.0467. The molecule has 0 aliphatic carbocycles. The van der Waals surface area contributed by atoms with E-state index in [-0.39, 0.29) is 18.3 Å². The van der Waals surface area contributed by atoms with Crippen LogP contribution in [0.3, 0.4) is 0 Å². The Bertz CT molecular complexity index is 682. The molecule has 6 heteroatoms. The van der Waals surface area contributed by atoms with E-state index >= 15 is 0 Å². The Balaban J connectivity index is 1.85. The van der Waals surface area contributed by atoms with Crippen molar-refractivity contribution < 1.29 is 13.9 Å². The van der Waals surface area contributed by atoms with E-state index in [4.69, 9.17) is 4.74 Å². The fraction of sp³-hybridized carbons (Fsp3) is 0.176. The third kappa shape index (κ3) is 5.10. The molecule has 0 fully saturated rings. The number of benzene rings is 2. The number of hydrogen-bond donors (Lipinski definition) is 2. The van der Waals surface area contributed by atoms with Crippen molar-refractivity contribution in [3.8, 4) is 5.75 Å². The van der Waals surface area contributed by atoms with Crippen LogP contribution >= 0.6 is 0 Å². The molecule has 23 heavy (non-hydrogen) atoms. The van der Waals surface area contributed by atoms with Gasteiger partial charge in [0.15, 0.2) is 0 Å². The maximum absolute atomic E-state index is 12.8. The van der Waals surface area contributed by atoms with E-state index in [1.807, 2.05) is 24.3 Å². The minimum atomic E-state index is -0.320.